The Balaban J connectivity index is 2.10. The Bertz CT molecular complexity index is 1040. The van der Waals surface area contributed by atoms with E-state index in [0.29, 0.717) is 28.9 Å². The highest BCUT2D eigenvalue weighted by atomic mass is 16.5. The van der Waals surface area contributed by atoms with Crippen molar-refractivity contribution < 1.29 is 9.47 Å². The zero-order chi connectivity index (χ0) is 18.0. The minimum Gasteiger partial charge on any atom is -0.493 e. The maximum Gasteiger partial charge on any atom is 0.329 e. The van der Waals surface area contributed by atoms with Gasteiger partial charge < -0.3 is 20.2 Å². The number of benzene rings is 2. The zero-order valence-corrected chi connectivity index (χ0v) is 14.0. The summed E-state index contributed by atoms with van der Waals surface area (Å²) in [6.45, 7) is 0.446. The normalized spacial score (nSPS) is 10.8. The molecule has 0 bridgehead atoms. The van der Waals surface area contributed by atoms with Gasteiger partial charge in [0.25, 0.3) is 5.56 Å². The van der Waals surface area contributed by atoms with Crippen molar-refractivity contribution in [2.45, 2.75) is 13.1 Å². The van der Waals surface area contributed by atoms with Crippen LogP contribution in [-0.2, 0) is 13.1 Å². The van der Waals surface area contributed by atoms with Crippen LogP contribution in [0.25, 0.3) is 10.9 Å². The maximum atomic E-state index is 12.7. The molecule has 3 aromatic rings. The standard InChI is InChI=1S/C18H19N3O4/c1-24-15-6-4-12(8-16(15)25-2)10-21-17(22)13-7-11(9-19)3-5-14(13)20-18(21)23/h3-8H,9-10,19H2,1-2H3,(H,20,23). The molecule has 0 saturated heterocycles. The molecule has 1 heterocycles. The minimum absolute atomic E-state index is 0.122. The Morgan fingerprint density at radius 3 is 2.40 bits per heavy atom. The molecule has 0 aliphatic rings. The summed E-state index contributed by atoms with van der Waals surface area (Å²) in [4.78, 5) is 27.8. The summed E-state index contributed by atoms with van der Waals surface area (Å²) in [6.07, 6.45) is 0. The van der Waals surface area contributed by atoms with E-state index in [0.717, 1.165) is 15.7 Å². The van der Waals surface area contributed by atoms with Crippen molar-refractivity contribution in [1.82, 2.24) is 9.55 Å². The van der Waals surface area contributed by atoms with Crippen LogP contribution in [0.2, 0.25) is 0 Å². The first-order valence-corrected chi connectivity index (χ1v) is 7.74. The number of hydrogen-bond acceptors (Lipinski definition) is 5. The van der Waals surface area contributed by atoms with Gasteiger partial charge in [-0.3, -0.25) is 9.36 Å². The predicted octanol–water partition coefficient (Wildman–Crippen LogP) is 1.21. The van der Waals surface area contributed by atoms with Crippen molar-refractivity contribution in [3.8, 4) is 11.5 Å². The Labute approximate surface area is 143 Å². The van der Waals surface area contributed by atoms with Crippen molar-refractivity contribution in [3.05, 3.63) is 68.4 Å². The fourth-order valence-corrected chi connectivity index (χ4v) is 2.73. The highest BCUT2D eigenvalue weighted by Gasteiger charge is 2.11. The number of nitrogens with zero attached hydrogens (tertiary/aromatic N) is 1. The van der Waals surface area contributed by atoms with Gasteiger partial charge in [-0.05, 0) is 35.4 Å². The molecule has 0 fully saturated rings. The molecule has 0 aliphatic carbocycles. The molecule has 0 amide bonds. The van der Waals surface area contributed by atoms with E-state index < -0.39 is 5.69 Å². The number of fused-ring (bicyclic) bond motifs is 1. The molecule has 7 nitrogen and oxygen atoms in total. The largest absolute Gasteiger partial charge is 0.493 e. The maximum absolute atomic E-state index is 12.7. The van der Waals surface area contributed by atoms with Crippen LogP contribution in [0.3, 0.4) is 0 Å². The van der Waals surface area contributed by atoms with Gasteiger partial charge in [-0.1, -0.05) is 12.1 Å². The lowest BCUT2D eigenvalue weighted by molar-refractivity contribution is 0.354. The Morgan fingerprint density at radius 1 is 1.00 bits per heavy atom. The lowest BCUT2D eigenvalue weighted by Crippen LogP contribution is -2.35. The lowest BCUT2D eigenvalue weighted by Gasteiger charge is -2.11. The number of nitrogens with one attached hydrogen (secondary N) is 1. The third kappa shape index (κ3) is 3.14. The average Bonchev–Trinajstić information content (AvgIpc) is 2.64. The van der Waals surface area contributed by atoms with E-state index >= 15 is 0 Å². The van der Waals surface area contributed by atoms with E-state index in [9.17, 15) is 9.59 Å². The number of ether oxygens (including phenoxy) is 2. The monoisotopic (exact) mass is 341 g/mol. The van der Waals surface area contributed by atoms with Crippen molar-refractivity contribution in [3.63, 3.8) is 0 Å². The predicted molar refractivity (Wildman–Crippen MR) is 95.4 cm³/mol. The third-order valence-electron chi connectivity index (χ3n) is 4.07. The number of nitrogens with two attached hydrogens (primary N) is 1. The van der Waals surface area contributed by atoms with Crippen molar-refractivity contribution in [2.24, 2.45) is 5.73 Å². The smallest absolute Gasteiger partial charge is 0.329 e. The number of aromatic amines is 1. The lowest BCUT2D eigenvalue weighted by atomic mass is 10.1. The molecule has 25 heavy (non-hydrogen) atoms. The second-order valence-electron chi connectivity index (χ2n) is 5.59. The van der Waals surface area contributed by atoms with E-state index in [-0.39, 0.29) is 12.1 Å². The molecule has 0 aliphatic heterocycles. The second kappa shape index (κ2) is 6.82. The van der Waals surface area contributed by atoms with Gasteiger partial charge in [0.15, 0.2) is 11.5 Å². The zero-order valence-electron chi connectivity index (χ0n) is 14.0. The summed E-state index contributed by atoms with van der Waals surface area (Å²) in [5.74, 6) is 1.12. The summed E-state index contributed by atoms with van der Waals surface area (Å²) >= 11 is 0. The number of rotatable bonds is 5. The first-order chi connectivity index (χ1) is 12.1. The molecule has 3 N–H and O–H groups in total. The minimum atomic E-state index is -0.465. The Morgan fingerprint density at radius 2 is 1.72 bits per heavy atom. The fourth-order valence-electron chi connectivity index (χ4n) is 2.73. The molecule has 130 valence electrons. The molecule has 0 unspecified atom stereocenters. The van der Waals surface area contributed by atoms with Gasteiger partial charge in [-0.25, -0.2) is 4.79 Å². The first-order valence-electron chi connectivity index (χ1n) is 7.74. The number of methoxy groups -OCH3 is 2. The fraction of sp³-hybridized carbons (Fsp3) is 0.222. The Hall–Kier alpha value is -3.06. The third-order valence-corrected chi connectivity index (χ3v) is 4.07. The molecule has 3 rings (SSSR count). The second-order valence-corrected chi connectivity index (χ2v) is 5.59. The van der Waals surface area contributed by atoms with Gasteiger partial charge in [0.1, 0.15) is 0 Å². The van der Waals surface area contributed by atoms with Crippen molar-refractivity contribution >= 4 is 10.9 Å². The van der Waals surface area contributed by atoms with Gasteiger partial charge in [-0.2, -0.15) is 0 Å². The summed E-state index contributed by atoms with van der Waals surface area (Å²) in [5, 5.41) is 0.433. The summed E-state index contributed by atoms with van der Waals surface area (Å²) < 4.78 is 11.6. The molecular formula is C18H19N3O4. The van der Waals surface area contributed by atoms with Crippen LogP contribution < -0.4 is 26.5 Å². The molecule has 0 spiro atoms. The van der Waals surface area contributed by atoms with Crippen LogP contribution in [0.5, 0.6) is 11.5 Å². The van der Waals surface area contributed by atoms with Crippen LogP contribution in [0.15, 0.2) is 46.0 Å². The van der Waals surface area contributed by atoms with Crippen molar-refractivity contribution in [1.29, 1.82) is 0 Å². The first kappa shape index (κ1) is 16.8. The summed E-state index contributed by atoms with van der Waals surface area (Å²) in [7, 11) is 3.08. The molecule has 0 saturated carbocycles. The topological polar surface area (TPSA) is 99.3 Å². The molecule has 0 radical (unpaired) electrons. The van der Waals surface area contributed by atoms with Crippen LogP contribution in [0.4, 0.5) is 0 Å². The van der Waals surface area contributed by atoms with E-state index in [1.165, 1.54) is 7.11 Å². The van der Waals surface area contributed by atoms with E-state index in [2.05, 4.69) is 4.98 Å². The SMILES string of the molecule is COc1ccc(Cn2c(=O)[nH]c3ccc(CN)cc3c2=O)cc1OC. The van der Waals surface area contributed by atoms with Crippen LogP contribution in [0, 0.1) is 0 Å². The average molecular weight is 341 g/mol. The van der Waals surface area contributed by atoms with E-state index in [4.69, 9.17) is 15.2 Å². The van der Waals surface area contributed by atoms with Gasteiger partial charge >= 0.3 is 5.69 Å². The van der Waals surface area contributed by atoms with Gasteiger partial charge in [0.2, 0.25) is 0 Å². The molecule has 1 aromatic heterocycles. The Kier molecular flexibility index (Phi) is 4.58. The molecule has 7 heteroatoms. The van der Waals surface area contributed by atoms with Crippen molar-refractivity contribution in [2.75, 3.05) is 14.2 Å². The number of aromatic nitrogens is 2. The summed E-state index contributed by atoms with van der Waals surface area (Å²) in [5.41, 5.74) is 6.89. The summed E-state index contributed by atoms with van der Waals surface area (Å²) in [6, 6.07) is 10.5. The number of hydrogen-bond donors (Lipinski definition) is 2. The highest BCUT2D eigenvalue weighted by molar-refractivity contribution is 5.78. The van der Waals surface area contributed by atoms with Crippen LogP contribution >= 0.6 is 0 Å². The van der Waals surface area contributed by atoms with Crippen LogP contribution in [0.1, 0.15) is 11.1 Å². The molecular weight excluding hydrogens is 322 g/mol. The van der Waals surface area contributed by atoms with Gasteiger partial charge in [0, 0.05) is 6.54 Å². The van der Waals surface area contributed by atoms with E-state index in [1.54, 1.807) is 43.5 Å². The number of H-pyrrole nitrogens is 1. The van der Waals surface area contributed by atoms with Gasteiger partial charge in [0.05, 0.1) is 31.7 Å². The highest BCUT2D eigenvalue weighted by Crippen LogP contribution is 2.27. The van der Waals surface area contributed by atoms with E-state index in [1.807, 2.05) is 0 Å². The van der Waals surface area contributed by atoms with Gasteiger partial charge in [-0.15, -0.1) is 0 Å². The van der Waals surface area contributed by atoms with Crippen LogP contribution in [-0.4, -0.2) is 23.8 Å². The quantitative estimate of drug-likeness (QED) is 0.727. The molecule has 2 aromatic carbocycles. The molecule has 0 atom stereocenters.